The van der Waals surface area contributed by atoms with E-state index in [1.165, 1.54) is 6.42 Å². The Morgan fingerprint density at radius 1 is 1.31 bits per heavy atom. The second kappa shape index (κ2) is 7.88. The lowest BCUT2D eigenvalue weighted by atomic mass is 9.93. The van der Waals surface area contributed by atoms with Crippen molar-refractivity contribution in [2.24, 2.45) is 11.8 Å². The number of amides is 1. The molecule has 2 aromatic rings. The maximum Gasteiger partial charge on any atom is 0.241 e. The number of rotatable bonds is 4. The molecule has 2 fully saturated rings. The van der Waals surface area contributed by atoms with Crippen molar-refractivity contribution in [3.63, 3.8) is 0 Å². The highest BCUT2D eigenvalue weighted by Crippen LogP contribution is 2.25. The Balaban J connectivity index is 1.35. The van der Waals surface area contributed by atoms with Gasteiger partial charge in [-0.2, -0.15) is 4.98 Å². The number of piperidine rings is 2. The van der Waals surface area contributed by atoms with Gasteiger partial charge in [0.05, 0.1) is 17.3 Å². The highest BCUT2D eigenvalue weighted by atomic mass is 32.1. The molecule has 2 aliphatic heterocycles. The molecule has 0 aliphatic carbocycles. The van der Waals surface area contributed by atoms with Crippen LogP contribution in [0.5, 0.6) is 0 Å². The van der Waals surface area contributed by atoms with Crippen molar-refractivity contribution >= 4 is 17.2 Å². The molecule has 0 saturated carbocycles. The first-order valence-electron chi connectivity index (χ1n) is 9.56. The molecule has 2 aliphatic rings. The number of carbonyl (C=O) groups excluding carboxylic acids is 1. The van der Waals surface area contributed by atoms with Crippen LogP contribution in [-0.2, 0) is 11.3 Å². The molecule has 0 radical (unpaired) electrons. The van der Waals surface area contributed by atoms with E-state index in [0.29, 0.717) is 30.1 Å². The topological polar surface area (TPSA) is 62.5 Å². The van der Waals surface area contributed by atoms with Crippen molar-refractivity contribution in [3.8, 4) is 10.7 Å². The SMILES string of the molecule is CC1CCCN(C(=O)C2CCCN(Cc3nc(-c4cccs4)no3)C2)C1. The number of nitrogens with zero attached hydrogens (tertiary/aromatic N) is 4. The third kappa shape index (κ3) is 3.99. The van der Waals surface area contributed by atoms with Crippen LogP contribution in [-0.4, -0.2) is 52.0 Å². The van der Waals surface area contributed by atoms with Crippen molar-refractivity contribution in [1.82, 2.24) is 19.9 Å². The van der Waals surface area contributed by atoms with E-state index in [1.807, 2.05) is 17.5 Å². The van der Waals surface area contributed by atoms with Gasteiger partial charge in [-0.1, -0.05) is 18.1 Å². The summed E-state index contributed by atoms with van der Waals surface area (Å²) in [6.07, 6.45) is 4.41. The van der Waals surface area contributed by atoms with Crippen LogP contribution in [0, 0.1) is 11.8 Å². The van der Waals surface area contributed by atoms with E-state index >= 15 is 0 Å². The molecule has 4 rings (SSSR count). The zero-order chi connectivity index (χ0) is 17.9. The maximum atomic E-state index is 12.9. The largest absolute Gasteiger partial charge is 0.342 e. The second-order valence-electron chi connectivity index (χ2n) is 7.59. The minimum Gasteiger partial charge on any atom is -0.342 e. The lowest BCUT2D eigenvalue weighted by Crippen LogP contribution is -2.47. The number of thiophene rings is 1. The lowest BCUT2D eigenvalue weighted by molar-refractivity contribution is -0.139. The summed E-state index contributed by atoms with van der Waals surface area (Å²) in [4.78, 5) is 22.8. The molecular weight excluding hydrogens is 348 g/mol. The Labute approximate surface area is 158 Å². The van der Waals surface area contributed by atoms with E-state index < -0.39 is 0 Å². The lowest BCUT2D eigenvalue weighted by Gasteiger charge is -2.37. The van der Waals surface area contributed by atoms with Crippen molar-refractivity contribution in [1.29, 1.82) is 0 Å². The summed E-state index contributed by atoms with van der Waals surface area (Å²) < 4.78 is 5.43. The normalized spacial score (nSPS) is 24.7. The fourth-order valence-electron chi connectivity index (χ4n) is 4.06. The Morgan fingerprint density at radius 2 is 2.19 bits per heavy atom. The van der Waals surface area contributed by atoms with E-state index in [0.717, 1.165) is 50.3 Å². The standard InChI is InChI=1S/C19H26N4O2S/c1-14-5-2-9-23(11-14)19(24)15-6-3-8-22(12-15)13-17-20-18(21-25-17)16-7-4-10-26-16/h4,7,10,14-15H,2-3,5-6,8-9,11-13H2,1H3. The maximum absolute atomic E-state index is 12.9. The quantitative estimate of drug-likeness (QED) is 0.822. The second-order valence-corrected chi connectivity index (χ2v) is 8.54. The summed E-state index contributed by atoms with van der Waals surface area (Å²) in [6, 6.07) is 3.98. The van der Waals surface area contributed by atoms with Gasteiger partial charge in [-0.25, -0.2) is 0 Å². The number of hydrogen-bond acceptors (Lipinski definition) is 6. The molecule has 26 heavy (non-hydrogen) atoms. The van der Waals surface area contributed by atoms with Crippen molar-refractivity contribution in [3.05, 3.63) is 23.4 Å². The van der Waals surface area contributed by atoms with E-state index in [4.69, 9.17) is 4.52 Å². The third-order valence-electron chi connectivity index (χ3n) is 5.39. The Kier molecular flexibility index (Phi) is 5.36. The monoisotopic (exact) mass is 374 g/mol. The van der Waals surface area contributed by atoms with Crippen molar-refractivity contribution in [2.45, 2.75) is 39.2 Å². The highest BCUT2D eigenvalue weighted by molar-refractivity contribution is 7.13. The number of aromatic nitrogens is 2. The summed E-state index contributed by atoms with van der Waals surface area (Å²) in [6.45, 7) is 6.49. The van der Waals surface area contributed by atoms with Gasteiger partial charge in [-0.05, 0) is 49.6 Å². The van der Waals surface area contributed by atoms with Gasteiger partial charge in [-0.3, -0.25) is 9.69 Å². The van der Waals surface area contributed by atoms with Crippen LogP contribution in [0.2, 0.25) is 0 Å². The van der Waals surface area contributed by atoms with Gasteiger partial charge in [0.15, 0.2) is 0 Å². The summed E-state index contributed by atoms with van der Waals surface area (Å²) >= 11 is 1.61. The predicted octanol–water partition coefficient (Wildman–Crippen LogP) is 3.27. The molecular formula is C19H26N4O2S. The van der Waals surface area contributed by atoms with Gasteiger partial charge in [0.1, 0.15) is 0 Å². The Hall–Kier alpha value is -1.73. The fraction of sp³-hybridized carbons (Fsp3) is 0.632. The Bertz CT molecular complexity index is 730. The summed E-state index contributed by atoms with van der Waals surface area (Å²) in [5.74, 6) is 2.36. The summed E-state index contributed by atoms with van der Waals surface area (Å²) in [5.41, 5.74) is 0. The first-order chi connectivity index (χ1) is 12.7. The summed E-state index contributed by atoms with van der Waals surface area (Å²) in [7, 11) is 0. The first kappa shape index (κ1) is 17.7. The molecule has 2 unspecified atom stereocenters. The van der Waals surface area contributed by atoms with Gasteiger partial charge in [0.2, 0.25) is 17.6 Å². The average molecular weight is 375 g/mol. The van der Waals surface area contributed by atoms with Gasteiger partial charge in [0, 0.05) is 19.6 Å². The average Bonchev–Trinajstić information content (AvgIpc) is 3.33. The van der Waals surface area contributed by atoms with Gasteiger partial charge in [-0.15, -0.1) is 11.3 Å². The number of likely N-dealkylation sites (tertiary alicyclic amines) is 2. The zero-order valence-electron chi connectivity index (χ0n) is 15.3. The molecule has 2 atom stereocenters. The van der Waals surface area contributed by atoms with Crippen LogP contribution >= 0.6 is 11.3 Å². The molecule has 1 amide bonds. The third-order valence-corrected chi connectivity index (χ3v) is 6.26. The van der Waals surface area contributed by atoms with E-state index in [-0.39, 0.29) is 5.92 Å². The minimum atomic E-state index is 0.105. The molecule has 7 heteroatoms. The van der Waals surface area contributed by atoms with Crippen LogP contribution in [0.1, 0.15) is 38.5 Å². The molecule has 6 nitrogen and oxygen atoms in total. The summed E-state index contributed by atoms with van der Waals surface area (Å²) in [5, 5.41) is 6.09. The van der Waals surface area contributed by atoms with Crippen LogP contribution in [0.4, 0.5) is 0 Å². The molecule has 2 aromatic heterocycles. The van der Waals surface area contributed by atoms with Crippen molar-refractivity contribution < 1.29 is 9.32 Å². The smallest absolute Gasteiger partial charge is 0.241 e. The van der Waals surface area contributed by atoms with E-state index in [9.17, 15) is 4.79 Å². The number of hydrogen-bond donors (Lipinski definition) is 0. The Morgan fingerprint density at radius 3 is 3.00 bits per heavy atom. The predicted molar refractivity (Wildman–Crippen MR) is 101 cm³/mol. The first-order valence-corrected chi connectivity index (χ1v) is 10.4. The van der Waals surface area contributed by atoms with Crippen molar-refractivity contribution in [2.75, 3.05) is 26.2 Å². The van der Waals surface area contributed by atoms with Crippen LogP contribution in [0.25, 0.3) is 10.7 Å². The van der Waals surface area contributed by atoms with Gasteiger partial charge >= 0.3 is 0 Å². The number of carbonyl (C=O) groups is 1. The molecule has 2 saturated heterocycles. The molecule has 0 N–H and O–H groups in total. The molecule has 0 aromatic carbocycles. The molecule has 140 valence electrons. The van der Waals surface area contributed by atoms with Crippen LogP contribution in [0.15, 0.2) is 22.0 Å². The molecule has 0 spiro atoms. The van der Waals surface area contributed by atoms with Gasteiger partial charge < -0.3 is 9.42 Å². The minimum absolute atomic E-state index is 0.105. The van der Waals surface area contributed by atoms with Crippen LogP contribution in [0.3, 0.4) is 0 Å². The van der Waals surface area contributed by atoms with Crippen LogP contribution < -0.4 is 0 Å². The van der Waals surface area contributed by atoms with E-state index in [2.05, 4.69) is 26.9 Å². The van der Waals surface area contributed by atoms with E-state index in [1.54, 1.807) is 11.3 Å². The highest BCUT2D eigenvalue weighted by Gasteiger charge is 2.31. The fourth-order valence-corrected chi connectivity index (χ4v) is 4.71. The molecule has 4 heterocycles. The zero-order valence-corrected chi connectivity index (χ0v) is 16.1. The molecule has 0 bridgehead atoms. The van der Waals surface area contributed by atoms with Gasteiger partial charge in [0.25, 0.3) is 0 Å².